The maximum absolute atomic E-state index is 12.5. The number of rotatable bonds is 5. The first kappa shape index (κ1) is 16.9. The molecule has 3 aromatic rings. The van der Waals surface area contributed by atoms with Gasteiger partial charge in [0.25, 0.3) is 0 Å². The Balaban J connectivity index is 1.88. The van der Waals surface area contributed by atoms with Crippen LogP contribution in [0.5, 0.6) is 0 Å². The van der Waals surface area contributed by atoms with Crippen LogP contribution in [0.25, 0.3) is 11.1 Å². The summed E-state index contributed by atoms with van der Waals surface area (Å²) in [5.41, 5.74) is -0.617. The molecule has 0 bridgehead atoms. The van der Waals surface area contributed by atoms with Gasteiger partial charge in [-0.3, -0.25) is 4.57 Å². The molecular formula is C15H16N2O5S2. The van der Waals surface area contributed by atoms with E-state index in [4.69, 9.17) is 4.42 Å². The fraction of sp³-hybridized carbons (Fsp3) is 0.267. The predicted octanol–water partition coefficient (Wildman–Crippen LogP) is 1.38. The number of aromatic nitrogens is 1. The Morgan fingerprint density at radius 3 is 2.79 bits per heavy atom. The summed E-state index contributed by atoms with van der Waals surface area (Å²) in [5.74, 6) is -0.562. The third kappa shape index (κ3) is 3.03. The molecule has 0 aliphatic carbocycles. The molecular weight excluding hydrogens is 352 g/mol. The monoisotopic (exact) mass is 368 g/mol. The molecule has 3 rings (SSSR count). The smallest absolute Gasteiger partial charge is 0.408 e. The zero-order valence-corrected chi connectivity index (χ0v) is 14.6. The van der Waals surface area contributed by atoms with Crippen molar-refractivity contribution in [1.29, 1.82) is 0 Å². The average molecular weight is 368 g/mol. The summed E-state index contributed by atoms with van der Waals surface area (Å²) in [5, 5.41) is 12.2. The van der Waals surface area contributed by atoms with E-state index in [2.05, 4.69) is 4.72 Å². The maximum atomic E-state index is 12.5. The van der Waals surface area contributed by atoms with Gasteiger partial charge in [0.1, 0.15) is 5.60 Å². The first-order valence-electron chi connectivity index (χ1n) is 7.06. The lowest BCUT2D eigenvalue weighted by molar-refractivity contribution is 0.0666. The second-order valence-corrected chi connectivity index (χ2v) is 8.35. The van der Waals surface area contributed by atoms with Crippen molar-refractivity contribution in [1.82, 2.24) is 9.29 Å². The van der Waals surface area contributed by atoms with Gasteiger partial charge < -0.3 is 9.52 Å². The summed E-state index contributed by atoms with van der Waals surface area (Å²) in [6.07, 6.45) is 0. The van der Waals surface area contributed by atoms with Crippen LogP contribution in [-0.4, -0.2) is 24.6 Å². The largest absolute Gasteiger partial charge is 0.419 e. The lowest BCUT2D eigenvalue weighted by Crippen LogP contribution is -2.38. The fourth-order valence-corrected chi connectivity index (χ4v) is 4.20. The molecule has 0 aliphatic rings. The van der Waals surface area contributed by atoms with Crippen molar-refractivity contribution in [2.24, 2.45) is 7.05 Å². The summed E-state index contributed by atoms with van der Waals surface area (Å²) < 4.78 is 33.6. The van der Waals surface area contributed by atoms with Crippen molar-refractivity contribution < 1.29 is 17.9 Å². The van der Waals surface area contributed by atoms with Crippen molar-refractivity contribution >= 4 is 32.5 Å². The van der Waals surface area contributed by atoms with Crippen molar-refractivity contribution in [2.75, 3.05) is 6.54 Å². The third-order valence-electron chi connectivity index (χ3n) is 3.73. The first-order valence-corrected chi connectivity index (χ1v) is 9.43. The number of thiophene rings is 1. The molecule has 2 heterocycles. The highest BCUT2D eigenvalue weighted by Crippen LogP contribution is 2.25. The van der Waals surface area contributed by atoms with E-state index in [1.807, 2.05) is 5.38 Å². The van der Waals surface area contributed by atoms with Crippen molar-refractivity contribution in [3.8, 4) is 0 Å². The van der Waals surface area contributed by atoms with Gasteiger partial charge in [-0.25, -0.2) is 17.9 Å². The molecule has 24 heavy (non-hydrogen) atoms. The summed E-state index contributed by atoms with van der Waals surface area (Å²) in [4.78, 5) is 12.1. The van der Waals surface area contributed by atoms with Crippen LogP contribution < -0.4 is 10.5 Å². The molecule has 0 radical (unpaired) electrons. The van der Waals surface area contributed by atoms with Crippen LogP contribution in [0.1, 0.15) is 11.8 Å². The lowest BCUT2D eigenvalue weighted by atomic mass is 10.1. The van der Waals surface area contributed by atoms with Gasteiger partial charge in [0.05, 0.1) is 10.4 Å². The van der Waals surface area contributed by atoms with Crippen molar-refractivity contribution in [3.63, 3.8) is 0 Å². The molecule has 0 amide bonds. The van der Waals surface area contributed by atoms with Gasteiger partial charge >= 0.3 is 5.76 Å². The van der Waals surface area contributed by atoms with E-state index < -0.39 is 21.4 Å². The number of hydrogen-bond donors (Lipinski definition) is 2. The molecule has 0 aliphatic heterocycles. The van der Waals surface area contributed by atoms with E-state index in [0.717, 1.165) is 0 Å². The van der Waals surface area contributed by atoms with E-state index in [1.165, 1.54) is 41.2 Å². The molecule has 2 N–H and O–H groups in total. The highest BCUT2D eigenvalue weighted by Gasteiger charge is 2.27. The predicted molar refractivity (Wildman–Crippen MR) is 90.5 cm³/mol. The van der Waals surface area contributed by atoms with Crippen LogP contribution in [0.2, 0.25) is 0 Å². The minimum Gasteiger partial charge on any atom is -0.408 e. The Kier molecular flexibility index (Phi) is 4.12. The van der Waals surface area contributed by atoms with Gasteiger partial charge in [0.15, 0.2) is 5.58 Å². The van der Waals surface area contributed by atoms with Crippen molar-refractivity contribution in [2.45, 2.75) is 17.4 Å². The summed E-state index contributed by atoms with van der Waals surface area (Å²) in [6.45, 7) is 1.38. The Labute approximate surface area is 142 Å². The molecule has 1 atom stereocenters. The number of nitrogens with one attached hydrogen (secondary N) is 1. The Morgan fingerprint density at radius 1 is 1.38 bits per heavy atom. The molecule has 0 spiro atoms. The van der Waals surface area contributed by atoms with Gasteiger partial charge in [-0.2, -0.15) is 0 Å². The molecule has 9 heteroatoms. The van der Waals surface area contributed by atoms with E-state index in [0.29, 0.717) is 16.0 Å². The van der Waals surface area contributed by atoms with Gasteiger partial charge in [0, 0.05) is 18.5 Å². The molecule has 128 valence electrons. The zero-order valence-electron chi connectivity index (χ0n) is 13.0. The van der Waals surface area contributed by atoms with Gasteiger partial charge in [-0.05, 0) is 36.6 Å². The number of hydrogen-bond acceptors (Lipinski definition) is 6. The van der Waals surface area contributed by atoms with E-state index in [9.17, 15) is 18.3 Å². The van der Waals surface area contributed by atoms with Crippen molar-refractivity contribution in [3.05, 3.63) is 51.1 Å². The second kappa shape index (κ2) is 5.85. The van der Waals surface area contributed by atoms with Crippen LogP contribution in [0, 0.1) is 0 Å². The number of benzene rings is 1. The molecule has 0 fully saturated rings. The average Bonchev–Trinajstić information content (AvgIpc) is 3.16. The number of aryl methyl sites for hydroxylation is 1. The molecule has 7 nitrogen and oxygen atoms in total. The number of nitrogens with zero attached hydrogens (tertiary/aromatic N) is 1. The number of oxazole rings is 1. The van der Waals surface area contributed by atoms with Gasteiger partial charge in [-0.1, -0.05) is 6.07 Å². The Hall–Kier alpha value is -1.94. The van der Waals surface area contributed by atoms with Crippen LogP contribution in [-0.2, 0) is 22.7 Å². The maximum Gasteiger partial charge on any atom is 0.419 e. The SMILES string of the molecule is Cn1c(=O)oc2ccc(S(=O)(=O)NC[C@@](C)(O)c3cccs3)cc21. The highest BCUT2D eigenvalue weighted by molar-refractivity contribution is 7.89. The molecule has 2 aromatic heterocycles. The number of sulfonamides is 1. The Morgan fingerprint density at radius 2 is 2.12 bits per heavy atom. The second-order valence-electron chi connectivity index (χ2n) is 5.63. The minimum absolute atomic E-state index is 0.00613. The Bertz CT molecular complexity index is 1030. The van der Waals surface area contributed by atoms with Crippen LogP contribution in [0.4, 0.5) is 0 Å². The highest BCUT2D eigenvalue weighted by atomic mass is 32.2. The van der Waals surface area contributed by atoms with Crippen LogP contribution >= 0.6 is 11.3 Å². The quantitative estimate of drug-likeness (QED) is 0.708. The minimum atomic E-state index is -3.85. The fourth-order valence-electron chi connectivity index (χ4n) is 2.26. The molecule has 0 saturated carbocycles. The van der Waals surface area contributed by atoms with E-state index >= 15 is 0 Å². The zero-order chi connectivity index (χ0) is 17.5. The molecule has 0 unspecified atom stereocenters. The summed E-state index contributed by atoms with van der Waals surface area (Å²) >= 11 is 1.35. The third-order valence-corrected chi connectivity index (χ3v) is 6.25. The molecule has 0 saturated heterocycles. The van der Waals surface area contributed by atoms with E-state index in [-0.39, 0.29) is 11.4 Å². The summed E-state index contributed by atoms with van der Waals surface area (Å²) in [6, 6.07) is 7.68. The lowest BCUT2D eigenvalue weighted by Gasteiger charge is -2.22. The van der Waals surface area contributed by atoms with Gasteiger partial charge in [0.2, 0.25) is 10.0 Å². The topological polar surface area (TPSA) is 102 Å². The van der Waals surface area contributed by atoms with Crippen LogP contribution in [0.3, 0.4) is 0 Å². The first-order chi connectivity index (χ1) is 11.2. The normalized spacial score (nSPS) is 14.8. The van der Waals surface area contributed by atoms with Crippen LogP contribution in [0.15, 0.2) is 49.8 Å². The number of aliphatic hydroxyl groups is 1. The van der Waals surface area contributed by atoms with E-state index in [1.54, 1.807) is 19.1 Å². The standard InChI is InChI=1S/C15H16N2O5S2/c1-15(19,13-4-3-7-23-13)9-16-24(20,21)10-5-6-12-11(8-10)17(2)14(18)22-12/h3-8,16,19H,9H2,1-2H3/t15-/m1/s1. The summed E-state index contributed by atoms with van der Waals surface area (Å²) in [7, 11) is -2.35. The molecule has 1 aromatic carbocycles. The van der Waals surface area contributed by atoms with Gasteiger partial charge in [-0.15, -0.1) is 11.3 Å². The number of fused-ring (bicyclic) bond motifs is 1.